The van der Waals surface area contributed by atoms with Crippen LogP contribution in [0.3, 0.4) is 0 Å². The largest absolute Gasteiger partial charge is 0.300 e. The van der Waals surface area contributed by atoms with Gasteiger partial charge in [0.1, 0.15) is 0 Å². The Labute approximate surface area is 81.9 Å². The van der Waals surface area contributed by atoms with Crippen LogP contribution in [-0.2, 0) is 0 Å². The van der Waals surface area contributed by atoms with E-state index in [0.29, 0.717) is 17.2 Å². The third kappa shape index (κ3) is 2.40. The van der Waals surface area contributed by atoms with Crippen molar-refractivity contribution in [2.45, 2.75) is 44.9 Å². The van der Waals surface area contributed by atoms with E-state index in [9.17, 15) is 0 Å². The summed E-state index contributed by atoms with van der Waals surface area (Å²) < 4.78 is 0. The molecule has 0 bridgehead atoms. The molecule has 0 aromatic heterocycles. The maximum Gasteiger partial charge on any atom is 0.0193 e. The van der Waals surface area contributed by atoms with E-state index in [4.69, 9.17) is 0 Å². The van der Waals surface area contributed by atoms with Gasteiger partial charge in [0, 0.05) is 11.3 Å². The molecule has 0 aromatic rings. The van der Waals surface area contributed by atoms with Crippen molar-refractivity contribution < 1.29 is 0 Å². The molecule has 0 amide bonds. The Morgan fingerprint density at radius 1 is 1.08 bits per heavy atom. The van der Waals surface area contributed by atoms with Crippen LogP contribution >= 0.6 is 12.6 Å². The summed E-state index contributed by atoms with van der Waals surface area (Å²) in [6, 6.07) is 0.649. The van der Waals surface area contributed by atoms with E-state index in [2.05, 4.69) is 38.3 Å². The van der Waals surface area contributed by atoms with Crippen molar-refractivity contribution in [2.75, 3.05) is 13.1 Å². The predicted octanol–water partition coefficient (Wildman–Crippen LogP) is 2.43. The zero-order chi connectivity index (χ0) is 9.14. The minimum Gasteiger partial charge on any atom is -0.300 e. The first-order valence-electron chi connectivity index (χ1n) is 5.05. The number of hydrogen-bond donors (Lipinski definition) is 1. The fourth-order valence-corrected chi connectivity index (χ4v) is 2.11. The van der Waals surface area contributed by atoms with Crippen molar-refractivity contribution in [3.05, 3.63) is 0 Å². The normalized spacial score (nSPS) is 24.8. The second-order valence-electron chi connectivity index (χ2n) is 4.22. The summed E-state index contributed by atoms with van der Waals surface area (Å²) in [6.07, 6.45) is 2.76. The number of likely N-dealkylation sites (tertiary alicyclic amines) is 1. The van der Waals surface area contributed by atoms with Gasteiger partial charge in [-0.2, -0.15) is 12.6 Å². The van der Waals surface area contributed by atoms with Crippen LogP contribution in [0.4, 0.5) is 0 Å². The van der Waals surface area contributed by atoms with Crippen molar-refractivity contribution in [1.82, 2.24) is 4.90 Å². The summed E-state index contributed by atoms with van der Waals surface area (Å²) in [5.74, 6) is 0.684. The zero-order valence-electron chi connectivity index (χ0n) is 8.45. The van der Waals surface area contributed by atoms with Crippen LogP contribution in [-0.4, -0.2) is 29.3 Å². The second kappa shape index (κ2) is 4.52. The molecule has 1 heterocycles. The van der Waals surface area contributed by atoms with Crippen molar-refractivity contribution in [3.63, 3.8) is 0 Å². The van der Waals surface area contributed by atoms with E-state index >= 15 is 0 Å². The summed E-state index contributed by atoms with van der Waals surface area (Å²) in [7, 11) is 0. The molecular weight excluding hydrogens is 166 g/mol. The van der Waals surface area contributed by atoms with Crippen LogP contribution in [0.1, 0.15) is 33.6 Å². The molecule has 1 aliphatic heterocycles. The van der Waals surface area contributed by atoms with E-state index in [0.717, 1.165) is 0 Å². The Hall–Kier alpha value is 0.310. The van der Waals surface area contributed by atoms with Crippen LogP contribution in [0.2, 0.25) is 0 Å². The lowest BCUT2D eigenvalue weighted by Crippen LogP contribution is -2.39. The first-order valence-corrected chi connectivity index (χ1v) is 5.56. The third-order valence-corrected chi connectivity index (χ3v) is 3.92. The second-order valence-corrected chi connectivity index (χ2v) is 4.81. The number of hydrogen-bond acceptors (Lipinski definition) is 2. The molecule has 1 nitrogen and oxygen atoms in total. The molecule has 1 saturated heterocycles. The van der Waals surface area contributed by atoms with Gasteiger partial charge in [0.2, 0.25) is 0 Å². The van der Waals surface area contributed by atoms with Crippen molar-refractivity contribution >= 4 is 12.6 Å². The Balaban J connectivity index is 2.39. The lowest BCUT2D eigenvalue weighted by molar-refractivity contribution is 0.236. The van der Waals surface area contributed by atoms with Crippen LogP contribution in [0.15, 0.2) is 0 Å². The Morgan fingerprint density at radius 2 is 1.58 bits per heavy atom. The summed E-state index contributed by atoms with van der Waals surface area (Å²) in [6.45, 7) is 9.38. The topological polar surface area (TPSA) is 3.24 Å². The molecule has 1 aliphatic rings. The van der Waals surface area contributed by atoms with Crippen molar-refractivity contribution in [1.29, 1.82) is 0 Å². The molecule has 12 heavy (non-hydrogen) atoms. The molecule has 0 saturated carbocycles. The molecule has 0 radical (unpaired) electrons. The fraction of sp³-hybridized carbons (Fsp3) is 1.00. The lowest BCUT2D eigenvalue weighted by atomic mass is 10.0. The molecule has 0 aliphatic carbocycles. The molecule has 0 spiro atoms. The summed E-state index contributed by atoms with van der Waals surface area (Å²) in [5, 5.41) is 0.531. The highest BCUT2D eigenvalue weighted by atomic mass is 32.1. The lowest BCUT2D eigenvalue weighted by Gasteiger charge is -2.30. The van der Waals surface area contributed by atoms with E-state index in [1.54, 1.807) is 0 Å². The minimum absolute atomic E-state index is 0.531. The molecule has 0 N–H and O–H groups in total. The molecule has 0 unspecified atom stereocenters. The molecular formula is C10H21NS. The molecule has 2 atom stereocenters. The van der Waals surface area contributed by atoms with Gasteiger partial charge in [-0.3, -0.25) is 4.90 Å². The zero-order valence-corrected chi connectivity index (χ0v) is 9.35. The molecule has 1 rings (SSSR count). The van der Waals surface area contributed by atoms with Gasteiger partial charge in [-0.1, -0.05) is 13.8 Å². The molecule has 2 heteroatoms. The average molecular weight is 187 g/mol. The van der Waals surface area contributed by atoms with Gasteiger partial charge in [0.05, 0.1) is 0 Å². The standard InChI is InChI=1S/C10H21NS/c1-8(2)10(12)9(3)11-6-4-5-7-11/h8-10,12H,4-7H2,1-3H3/t9-,10+/m0/s1. The van der Waals surface area contributed by atoms with Gasteiger partial charge < -0.3 is 0 Å². The maximum atomic E-state index is 4.65. The highest BCUT2D eigenvalue weighted by Crippen LogP contribution is 2.21. The van der Waals surface area contributed by atoms with Crippen LogP contribution in [0.5, 0.6) is 0 Å². The molecule has 0 aromatic carbocycles. The quantitative estimate of drug-likeness (QED) is 0.664. The first-order chi connectivity index (χ1) is 5.63. The van der Waals surface area contributed by atoms with Crippen molar-refractivity contribution in [2.24, 2.45) is 5.92 Å². The number of rotatable bonds is 3. The van der Waals surface area contributed by atoms with Gasteiger partial charge in [0.15, 0.2) is 0 Å². The minimum atomic E-state index is 0.531. The Bertz CT molecular complexity index is 128. The Kier molecular flexibility index (Phi) is 3.91. The maximum absolute atomic E-state index is 4.65. The van der Waals surface area contributed by atoms with Crippen molar-refractivity contribution in [3.8, 4) is 0 Å². The van der Waals surface area contributed by atoms with Gasteiger partial charge in [0.25, 0.3) is 0 Å². The van der Waals surface area contributed by atoms with E-state index in [-0.39, 0.29) is 0 Å². The van der Waals surface area contributed by atoms with Gasteiger partial charge >= 0.3 is 0 Å². The predicted molar refractivity (Wildman–Crippen MR) is 57.9 cm³/mol. The van der Waals surface area contributed by atoms with E-state index < -0.39 is 0 Å². The number of nitrogens with zero attached hydrogens (tertiary/aromatic N) is 1. The molecule has 72 valence electrons. The fourth-order valence-electron chi connectivity index (χ4n) is 1.92. The van der Waals surface area contributed by atoms with Crippen LogP contribution < -0.4 is 0 Å². The van der Waals surface area contributed by atoms with E-state index in [1.807, 2.05) is 0 Å². The van der Waals surface area contributed by atoms with E-state index in [1.165, 1.54) is 25.9 Å². The smallest absolute Gasteiger partial charge is 0.0193 e. The SMILES string of the molecule is CC(C)[C@@H](S)[C@H](C)N1CCCC1. The highest BCUT2D eigenvalue weighted by molar-refractivity contribution is 7.81. The monoisotopic (exact) mass is 187 g/mol. The van der Waals surface area contributed by atoms with Crippen LogP contribution in [0, 0.1) is 5.92 Å². The highest BCUT2D eigenvalue weighted by Gasteiger charge is 2.24. The summed E-state index contributed by atoms with van der Waals surface area (Å²) in [4.78, 5) is 2.57. The number of thiol groups is 1. The summed E-state index contributed by atoms with van der Waals surface area (Å²) in [5.41, 5.74) is 0. The van der Waals surface area contributed by atoms with Gasteiger partial charge in [-0.15, -0.1) is 0 Å². The third-order valence-electron chi connectivity index (χ3n) is 2.89. The Morgan fingerprint density at radius 3 is 2.00 bits per heavy atom. The van der Waals surface area contributed by atoms with Crippen LogP contribution in [0.25, 0.3) is 0 Å². The van der Waals surface area contributed by atoms with Gasteiger partial charge in [-0.25, -0.2) is 0 Å². The summed E-state index contributed by atoms with van der Waals surface area (Å²) >= 11 is 4.65. The average Bonchev–Trinajstić information content (AvgIpc) is 2.53. The molecule has 1 fully saturated rings. The van der Waals surface area contributed by atoms with Gasteiger partial charge in [-0.05, 0) is 38.8 Å². The first kappa shape index (κ1) is 10.4.